The summed E-state index contributed by atoms with van der Waals surface area (Å²) in [4.78, 5) is 23.8. The van der Waals surface area contributed by atoms with E-state index in [1.165, 1.54) is 0 Å². The van der Waals surface area contributed by atoms with Crippen molar-refractivity contribution in [2.75, 3.05) is 7.11 Å². The molecule has 0 aliphatic carbocycles. The van der Waals surface area contributed by atoms with Crippen molar-refractivity contribution in [3.63, 3.8) is 0 Å². The fourth-order valence-electron chi connectivity index (χ4n) is 1.09. The molecule has 0 atom stereocenters. The number of esters is 1. The lowest BCUT2D eigenvalue weighted by Gasteiger charge is -2.05. The zero-order valence-electron chi connectivity index (χ0n) is 8.22. The molecule has 0 aliphatic heterocycles. The van der Waals surface area contributed by atoms with Gasteiger partial charge in [0.05, 0.1) is 13.5 Å². The van der Waals surface area contributed by atoms with Gasteiger partial charge in [-0.2, -0.15) is 0 Å². The zero-order chi connectivity index (χ0) is 12.3. The summed E-state index contributed by atoms with van der Waals surface area (Å²) in [5.74, 6) is -2.26. The first-order chi connectivity index (χ1) is 7.45. The summed E-state index contributed by atoms with van der Waals surface area (Å²) in [5.41, 5.74) is -2.42. The average Bonchev–Trinajstić information content (AvgIpc) is 2.22. The molecular weight excluding hydrogens is 227 g/mol. The van der Waals surface area contributed by atoms with Gasteiger partial charge in [-0.25, -0.2) is 13.2 Å². The Morgan fingerprint density at radius 3 is 2.69 bits per heavy atom. The lowest BCUT2D eigenvalue weighted by molar-refractivity contribution is -0.139. The zero-order valence-corrected chi connectivity index (χ0v) is 8.22. The van der Waals surface area contributed by atoms with Crippen molar-refractivity contribution in [3.05, 3.63) is 33.5 Å². The van der Waals surface area contributed by atoms with E-state index in [9.17, 15) is 22.8 Å². The van der Waals surface area contributed by atoms with Gasteiger partial charge >= 0.3 is 5.97 Å². The summed E-state index contributed by atoms with van der Waals surface area (Å²) in [6, 6.07) is 0.748. The summed E-state index contributed by atoms with van der Waals surface area (Å²) < 4.78 is 41.8. The molecule has 1 aromatic rings. The van der Waals surface area contributed by atoms with Crippen LogP contribution < -0.4 is 5.43 Å². The molecule has 0 aromatic carbocycles. The van der Waals surface area contributed by atoms with Crippen molar-refractivity contribution in [1.82, 2.24) is 4.98 Å². The standard InChI is InChI=1S/C9H8F3NO3/c1-16-6(15)3-4-2-5(14)7(10)8(13-4)9(11)12/h2,9H,3H2,1H3,(H,13,14). The van der Waals surface area contributed by atoms with Gasteiger partial charge in [-0.05, 0) is 0 Å². The summed E-state index contributed by atoms with van der Waals surface area (Å²) in [6.07, 6.45) is -3.54. The van der Waals surface area contributed by atoms with Crippen molar-refractivity contribution < 1.29 is 22.7 Å². The second kappa shape index (κ2) is 4.82. The Morgan fingerprint density at radius 1 is 1.56 bits per heavy atom. The number of pyridine rings is 1. The summed E-state index contributed by atoms with van der Waals surface area (Å²) in [7, 11) is 1.11. The molecule has 1 rings (SSSR count). The molecule has 0 bridgehead atoms. The van der Waals surface area contributed by atoms with Crippen LogP contribution in [0, 0.1) is 5.82 Å². The number of carbonyl (C=O) groups is 1. The maximum atomic E-state index is 12.9. The van der Waals surface area contributed by atoms with Crippen LogP contribution in [-0.2, 0) is 16.0 Å². The Balaban J connectivity index is 3.14. The van der Waals surface area contributed by atoms with Crippen LogP contribution in [0.25, 0.3) is 0 Å². The Labute approximate surface area is 88.0 Å². The predicted octanol–water partition coefficient (Wildman–Crippen LogP) is 1.17. The van der Waals surface area contributed by atoms with Crippen LogP contribution in [0.4, 0.5) is 13.2 Å². The molecule has 7 heteroatoms. The Kier molecular flexibility index (Phi) is 3.70. The molecule has 0 spiro atoms. The van der Waals surface area contributed by atoms with Crippen molar-refractivity contribution in [2.45, 2.75) is 12.8 Å². The predicted molar refractivity (Wildman–Crippen MR) is 47.7 cm³/mol. The third-order valence-corrected chi connectivity index (χ3v) is 1.83. The molecular formula is C9H8F3NO3. The third kappa shape index (κ3) is 2.62. The van der Waals surface area contributed by atoms with Gasteiger partial charge in [0.15, 0.2) is 5.82 Å². The number of H-pyrrole nitrogens is 1. The second-order valence-corrected chi connectivity index (χ2v) is 2.94. The molecule has 0 saturated carbocycles. The first-order valence-electron chi connectivity index (χ1n) is 4.22. The number of nitrogens with one attached hydrogen (secondary N) is 1. The van der Waals surface area contributed by atoms with Gasteiger partial charge in [-0.1, -0.05) is 0 Å². The van der Waals surface area contributed by atoms with Gasteiger partial charge in [-0.15, -0.1) is 0 Å². The molecule has 0 radical (unpaired) electrons. The van der Waals surface area contributed by atoms with Gasteiger partial charge in [-0.3, -0.25) is 9.59 Å². The second-order valence-electron chi connectivity index (χ2n) is 2.94. The highest BCUT2D eigenvalue weighted by atomic mass is 19.3. The minimum absolute atomic E-state index is 0.117. The SMILES string of the molecule is COC(=O)Cc1cc(=O)c(F)c(C(F)F)[nH]1. The molecule has 0 saturated heterocycles. The average molecular weight is 235 g/mol. The number of hydrogen-bond donors (Lipinski definition) is 1. The quantitative estimate of drug-likeness (QED) is 0.800. The van der Waals surface area contributed by atoms with Crippen LogP contribution in [0.15, 0.2) is 10.9 Å². The summed E-state index contributed by atoms with van der Waals surface area (Å²) in [6.45, 7) is 0. The van der Waals surface area contributed by atoms with Crippen molar-refractivity contribution in [2.24, 2.45) is 0 Å². The number of ether oxygens (including phenoxy) is 1. The fourth-order valence-corrected chi connectivity index (χ4v) is 1.09. The van der Waals surface area contributed by atoms with E-state index in [2.05, 4.69) is 4.74 Å². The van der Waals surface area contributed by atoms with Crippen molar-refractivity contribution in [3.8, 4) is 0 Å². The van der Waals surface area contributed by atoms with Crippen LogP contribution in [0.3, 0.4) is 0 Å². The molecule has 0 aliphatic rings. The lowest BCUT2D eigenvalue weighted by Crippen LogP contribution is -2.16. The lowest BCUT2D eigenvalue weighted by atomic mass is 10.2. The smallest absolute Gasteiger partial charge is 0.311 e. The molecule has 0 fully saturated rings. The molecule has 1 aromatic heterocycles. The Hall–Kier alpha value is -1.79. The highest BCUT2D eigenvalue weighted by Gasteiger charge is 2.18. The van der Waals surface area contributed by atoms with Crippen molar-refractivity contribution in [1.29, 1.82) is 0 Å². The number of carbonyl (C=O) groups excluding carboxylic acids is 1. The Morgan fingerprint density at radius 2 is 2.19 bits per heavy atom. The largest absolute Gasteiger partial charge is 0.469 e. The number of aromatic amines is 1. The van der Waals surface area contributed by atoms with Crippen LogP contribution in [0.2, 0.25) is 0 Å². The highest BCUT2D eigenvalue weighted by molar-refractivity contribution is 5.71. The number of rotatable bonds is 3. The monoisotopic (exact) mass is 235 g/mol. The first kappa shape index (κ1) is 12.3. The third-order valence-electron chi connectivity index (χ3n) is 1.83. The molecule has 4 nitrogen and oxygen atoms in total. The minimum atomic E-state index is -3.15. The van der Waals surface area contributed by atoms with Crippen LogP contribution in [-0.4, -0.2) is 18.1 Å². The molecule has 16 heavy (non-hydrogen) atoms. The fraction of sp³-hybridized carbons (Fsp3) is 0.333. The highest BCUT2D eigenvalue weighted by Crippen LogP contribution is 2.17. The minimum Gasteiger partial charge on any atom is -0.469 e. The van der Waals surface area contributed by atoms with E-state index in [0.29, 0.717) is 0 Å². The first-order valence-corrected chi connectivity index (χ1v) is 4.22. The molecule has 0 amide bonds. The summed E-state index contributed by atoms with van der Waals surface area (Å²) >= 11 is 0. The van der Waals surface area contributed by atoms with E-state index in [-0.39, 0.29) is 5.69 Å². The number of aromatic nitrogens is 1. The van der Waals surface area contributed by atoms with Gasteiger partial charge < -0.3 is 9.72 Å². The van der Waals surface area contributed by atoms with E-state index in [4.69, 9.17) is 0 Å². The maximum Gasteiger partial charge on any atom is 0.311 e. The number of alkyl halides is 2. The number of halogens is 3. The molecule has 1 N–H and O–H groups in total. The van der Waals surface area contributed by atoms with Crippen LogP contribution >= 0.6 is 0 Å². The van der Waals surface area contributed by atoms with Gasteiger partial charge in [0, 0.05) is 11.8 Å². The van der Waals surface area contributed by atoms with E-state index >= 15 is 0 Å². The van der Waals surface area contributed by atoms with E-state index < -0.39 is 35.8 Å². The van der Waals surface area contributed by atoms with E-state index in [1.807, 2.05) is 4.98 Å². The Bertz CT molecular complexity index is 456. The number of hydrogen-bond acceptors (Lipinski definition) is 3. The van der Waals surface area contributed by atoms with Crippen LogP contribution in [0.1, 0.15) is 17.8 Å². The van der Waals surface area contributed by atoms with E-state index in [0.717, 1.165) is 13.2 Å². The molecule has 88 valence electrons. The number of methoxy groups -OCH3 is 1. The molecule has 0 unspecified atom stereocenters. The normalized spacial score (nSPS) is 10.6. The van der Waals surface area contributed by atoms with Crippen LogP contribution in [0.5, 0.6) is 0 Å². The summed E-state index contributed by atoms with van der Waals surface area (Å²) in [5, 5.41) is 0. The van der Waals surface area contributed by atoms with Crippen molar-refractivity contribution >= 4 is 5.97 Å². The molecule has 1 heterocycles. The van der Waals surface area contributed by atoms with Gasteiger partial charge in [0.25, 0.3) is 6.43 Å². The maximum absolute atomic E-state index is 12.9. The van der Waals surface area contributed by atoms with E-state index in [1.54, 1.807) is 0 Å². The topological polar surface area (TPSA) is 59.2 Å². The van der Waals surface area contributed by atoms with Gasteiger partial charge in [0.2, 0.25) is 5.43 Å². The van der Waals surface area contributed by atoms with Gasteiger partial charge in [0.1, 0.15) is 5.69 Å².